The van der Waals surface area contributed by atoms with Crippen LogP contribution in [-0.2, 0) is 4.79 Å². The highest BCUT2D eigenvalue weighted by Crippen LogP contribution is 2.17. The van der Waals surface area contributed by atoms with E-state index in [4.69, 9.17) is 0 Å². The van der Waals surface area contributed by atoms with Crippen LogP contribution in [0.25, 0.3) is 6.08 Å². The van der Waals surface area contributed by atoms with Crippen LogP contribution in [0.5, 0.6) is 0 Å². The van der Waals surface area contributed by atoms with Gasteiger partial charge in [0, 0.05) is 11.6 Å². The highest BCUT2D eigenvalue weighted by atomic mass is 16.1. The van der Waals surface area contributed by atoms with Crippen molar-refractivity contribution in [3.05, 3.63) is 48.1 Å². The molecule has 1 aromatic rings. The smallest absolute Gasteiger partial charge is 0.226 e. The fourth-order valence-electron chi connectivity index (χ4n) is 1.36. The van der Waals surface area contributed by atoms with E-state index in [1.165, 1.54) is 5.56 Å². The molecule has 0 bridgehead atoms. The topological polar surface area (TPSA) is 29.1 Å². The molecule has 90 valence electrons. The van der Waals surface area contributed by atoms with Crippen molar-refractivity contribution >= 4 is 17.7 Å². The maximum Gasteiger partial charge on any atom is 0.226 e. The number of carbonyl (C=O) groups excluding carboxylic acids is 1. The van der Waals surface area contributed by atoms with Gasteiger partial charge in [-0.05, 0) is 30.2 Å². The van der Waals surface area contributed by atoms with Gasteiger partial charge < -0.3 is 5.32 Å². The molecule has 0 saturated heterocycles. The number of allylic oxidation sites excluding steroid dienone is 2. The van der Waals surface area contributed by atoms with Gasteiger partial charge in [0.15, 0.2) is 0 Å². The number of hydrogen-bond donors (Lipinski definition) is 1. The third kappa shape index (κ3) is 3.91. The number of rotatable bonds is 4. The zero-order chi connectivity index (χ0) is 12.8. The molecule has 2 nitrogen and oxygen atoms in total. The molecule has 0 saturated carbocycles. The minimum absolute atomic E-state index is 0.0107. The summed E-state index contributed by atoms with van der Waals surface area (Å²) in [5, 5.41) is 2.89. The molecule has 0 heterocycles. The Morgan fingerprint density at radius 1 is 1.41 bits per heavy atom. The highest BCUT2D eigenvalue weighted by Gasteiger charge is 2.07. The van der Waals surface area contributed by atoms with Gasteiger partial charge in [0.25, 0.3) is 0 Å². The summed E-state index contributed by atoms with van der Waals surface area (Å²) < 4.78 is 0. The molecular weight excluding hydrogens is 210 g/mol. The quantitative estimate of drug-likeness (QED) is 0.782. The minimum Gasteiger partial charge on any atom is -0.326 e. The maximum atomic E-state index is 11.6. The van der Waals surface area contributed by atoms with Crippen LogP contribution in [0.3, 0.4) is 0 Å². The lowest BCUT2D eigenvalue weighted by Gasteiger charge is -2.09. The zero-order valence-corrected chi connectivity index (χ0v) is 10.7. The first-order valence-electron chi connectivity index (χ1n) is 5.75. The third-order valence-corrected chi connectivity index (χ3v) is 2.48. The summed E-state index contributed by atoms with van der Waals surface area (Å²) in [5.74, 6) is 0.0240. The molecule has 1 aromatic carbocycles. The fourth-order valence-corrected chi connectivity index (χ4v) is 1.36. The van der Waals surface area contributed by atoms with Crippen molar-refractivity contribution in [2.75, 3.05) is 5.32 Å². The summed E-state index contributed by atoms with van der Waals surface area (Å²) in [4.78, 5) is 11.6. The third-order valence-electron chi connectivity index (χ3n) is 2.48. The Morgan fingerprint density at radius 3 is 2.71 bits per heavy atom. The molecule has 0 aliphatic heterocycles. The molecule has 17 heavy (non-hydrogen) atoms. The average molecular weight is 229 g/mol. The van der Waals surface area contributed by atoms with Gasteiger partial charge in [0.05, 0.1) is 0 Å². The lowest BCUT2D eigenvalue weighted by atomic mass is 10.1. The summed E-state index contributed by atoms with van der Waals surface area (Å²) in [7, 11) is 0. The predicted molar refractivity (Wildman–Crippen MR) is 73.9 cm³/mol. The second-order valence-corrected chi connectivity index (χ2v) is 4.31. The molecule has 1 rings (SSSR count). The van der Waals surface area contributed by atoms with Gasteiger partial charge in [-0.1, -0.05) is 44.7 Å². The van der Waals surface area contributed by atoms with E-state index in [9.17, 15) is 4.79 Å². The lowest BCUT2D eigenvalue weighted by Crippen LogP contribution is -2.17. The van der Waals surface area contributed by atoms with Gasteiger partial charge >= 0.3 is 0 Å². The molecule has 0 fully saturated rings. The van der Waals surface area contributed by atoms with E-state index in [1.807, 2.05) is 51.1 Å². The normalized spacial score (nSPS) is 10.8. The van der Waals surface area contributed by atoms with Crippen LogP contribution < -0.4 is 5.32 Å². The number of anilines is 1. The Kier molecular flexibility index (Phi) is 4.70. The Hall–Kier alpha value is -1.83. The highest BCUT2D eigenvalue weighted by molar-refractivity contribution is 5.92. The Labute approximate surface area is 103 Å². The number of carbonyl (C=O) groups is 1. The molecular formula is C15H19NO. The SMILES string of the molecule is C=C/C=C\c1cc(NC(=O)C(C)C)ccc1C. The molecule has 1 amide bonds. The van der Waals surface area contributed by atoms with Gasteiger partial charge in [-0.3, -0.25) is 4.79 Å². The number of hydrogen-bond acceptors (Lipinski definition) is 1. The molecule has 0 spiro atoms. The van der Waals surface area contributed by atoms with Crippen LogP contribution in [0.4, 0.5) is 5.69 Å². The van der Waals surface area contributed by atoms with Crippen molar-refractivity contribution in [2.24, 2.45) is 5.92 Å². The van der Waals surface area contributed by atoms with E-state index < -0.39 is 0 Å². The first kappa shape index (κ1) is 13.2. The minimum atomic E-state index is -0.0107. The van der Waals surface area contributed by atoms with E-state index in [0.717, 1.165) is 11.3 Å². The van der Waals surface area contributed by atoms with Gasteiger partial charge in [0.2, 0.25) is 5.91 Å². The molecule has 0 atom stereocenters. The van der Waals surface area contributed by atoms with E-state index in [1.54, 1.807) is 6.08 Å². The standard InChI is InChI=1S/C15H19NO/c1-5-6-7-13-10-14(9-8-12(13)4)16-15(17)11(2)3/h5-11H,1H2,2-4H3,(H,16,17)/b7-6-. The number of amides is 1. The van der Waals surface area contributed by atoms with Gasteiger partial charge in [0.1, 0.15) is 0 Å². The predicted octanol–water partition coefficient (Wildman–Crippen LogP) is 3.79. The Morgan fingerprint density at radius 2 is 2.12 bits per heavy atom. The Balaban J connectivity index is 2.92. The number of nitrogens with one attached hydrogen (secondary N) is 1. The first-order valence-corrected chi connectivity index (χ1v) is 5.75. The second kappa shape index (κ2) is 6.04. The van der Waals surface area contributed by atoms with Gasteiger partial charge in [-0.25, -0.2) is 0 Å². The van der Waals surface area contributed by atoms with Crippen molar-refractivity contribution < 1.29 is 4.79 Å². The van der Waals surface area contributed by atoms with Crippen LogP contribution in [0.1, 0.15) is 25.0 Å². The molecule has 1 N–H and O–H groups in total. The Bertz CT molecular complexity index is 444. The lowest BCUT2D eigenvalue weighted by molar-refractivity contribution is -0.118. The van der Waals surface area contributed by atoms with E-state index >= 15 is 0 Å². The monoisotopic (exact) mass is 229 g/mol. The molecule has 0 aromatic heterocycles. The summed E-state index contributed by atoms with van der Waals surface area (Å²) in [6.45, 7) is 9.44. The summed E-state index contributed by atoms with van der Waals surface area (Å²) in [5.41, 5.74) is 3.09. The summed E-state index contributed by atoms with van der Waals surface area (Å²) in [6, 6.07) is 5.88. The van der Waals surface area contributed by atoms with Crippen LogP contribution >= 0.6 is 0 Å². The molecule has 0 aliphatic carbocycles. The zero-order valence-electron chi connectivity index (χ0n) is 10.7. The van der Waals surface area contributed by atoms with Gasteiger partial charge in [-0.2, -0.15) is 0 Å². The largest absolute Gasteiger partial charge is 0.326 e. The van der Waals surface area contributed by atoms with Crippen LogP contribution in [0.2, 0.25) is 0 Å². The van der Waals surface area contributed by atoms with E-state index in [0.29, 0.717) is 0 Å². The van der Waals surface area contributed by atoms with Crippen molar-refractivity contribution in [1.29, 1.82) is 0 Å². The fraction of sp³-hybridized carbons (Fsp3) is 0.267. The molecule has 2 heteroatoms. The number of aryl methyl sites for hydroxylation is 1. The van der Waals surface area contributed by atoms with Crippen molar-refractivity contribution in [3.8, 4) is 0 Å². The summed E-state index contributed by atoms with van der Waals surface area (Å²) in [6.07, 6.45) is 5.60. The van der Waals surface area contributed by atoms with Gasteiger partial charge in [-0.15, -0.1) is 0 Å². The molecule has 0 unspecified atom stereocenters. The van der Waals surface area contributed by atoms with Crippen molar-refractivity contribution in [1.82, 2.24) is 0 Å². The van der Waals surface area contributed by atoms with Crippen LogP contribution in [0.15, 0.2) is 36.9 Å². The molecule has 0 radical (unpaired) electrons. The first-order chi connectivity index (χ1) is 8.04. The number of benzene rings is 1. The van der Waals surface area contributed by atoms with Crippen LogP contribution in [0, 0.1) is 12.8 Å². The van der Waals surface area contributed by atoms with E-state index in [-0.39, 0.29) is 11.8 Å². The molecule has 0 aliphatic rings. The summed E-state index contributed by atoms with van der Waals surface area (Å²) >= 11 is 0. The maximum absolute atomic E-state index is 11.6. The van der Waals surface area contributed by atoms with Crippen LogP contribution in [-0.4, -0.2) is 5.91 Å². The average Bonchev–Trinajstić information content (AvgIpc) is 2.29. The van der Waals surface area contributed by atoms with Crippen molar-refractivity contribution in [2.45, 2.75) is 20.8 Å². The second-order valence-electron chi connectivity index (χ2n) is 4.31. The van der Waals surface area contributed by atoms with E-state index in [2.05, 4.69) is 11.9 Å². The van der Waals surface area contributed by atoms with Crippen molar-refractivity contribution in [3.63, 3.8) is 0 Å².